The third kappa shape index (κ3) is 4.36. The van der Waals surface area contributed by atoms with E-state index in [-0.39, 0.29) is 10.6 Å². The number of rotatable bonds is 3. The second kappa shape index (κ2) is 5.83. The van der Waals surface area contributed by atoms with Gasteiger partial charge in [-0.05, 0) is 26.8 Å². The summed E-state index contributed by atoms with van der Waals surface area (Å²) < 4.78 is 9.65. The number of esters is 1. The van der Waals surface area contributed by atoms with Crippen molar-refractivity contribution < 1.29 is 23.9 Å². The lowest BCUT2D eigenvalue weighted by molar-refractivity contribution is 0.0607. The second-order valence-corrected chi connectivity index (χ2v) is 5.71. The number of ether oxygens (including phenoxy) is 2. The molecule has 1 N–H and O–H groups in total. The van der Waals surface area contributed by atoms with Gasteiger partial charge < -0.3 is 9.47 Å². The molecule has 0 aliphatic heterocycles. The van der Waals surface area contributed by atoms with Gasteiger partial charge >= 0.3 is 12.1 Å². The van der Waals surface area contributed by atoms with Crippen LogP contribution in [0.15, 0.2) is 6.07 Å². The average molecular weight is 285 g/mol. The van der Waals surface area contributed by atoms with E-state index >= 15 is 0 Å². The molecule has 104 valence electrons. The maximum atomic E-state index is 11.6. The van der Waals surface area contributed by atoms with Crippen molar-refractivity contribution in [1.29, 1.82) is 0 Å². The van der Waals surface area contributed by atoms with Crippen molar-refractivity contribution in [3.8, 4) is 0 Å². The molecule has 0 saturated carbocycles. The van der Waals surface area contributed by atoms with Crippen molar-refractivity contribution in [3.05, 3.63) is 15.8 Å². The molecule has 0 bridgehead atoms. The van der Waals surface area contributed by atoms with Crippen molar-refractivity contribution in [2.24, 2.45) is 0 Å². The predicted octanol–water partition coefficient (Wildman–Crippen LogP) is 2.69. The molecule has 7 heteroatoms. The van der Waals surface area contributed by atoms with E-state index in [9.17, 15) is 14.4 Å². The number of thiophene rings is 1. The fourth-order valence-electron chi connectivity index (χ4n) is 1.22. The van der Waals surface area contributed by atoms with E-state index in [1.165, 1.54) is 13.2 Å². The predicted molar refractivity (Wildman–Crippen MR) is 70.9 cm³/mol. The summed E-state index contributed by atoms with van der Waals surface area (Å²) in [7, 11) is 1.22. The van der Waals surface area contributed by atoms with Crippen LogP contribution in [0.4, 0.5) is 10.5 Å². The first-order chi connectivity index (χ1) is 8.76. The van der Waals surface area contributed by atoms with Gasteiger partial charge in [-0.2, -0.15) is 0 Å². The van der Waals surface area contributed by atoms with Crippen LogP contribution in [0.3, 0.4) is 0 Å². The van der Waals surface area contributed by atoms with Gasteiger partial charge in [-0.3, -0.25) is 10.1 Å². The van der Waals surface area contributed by atoms with Crippen LogP contribution in [-0.2, 0) is 9.47 Å². The highest BCUT2D eigenvalue weighted by molar-refractivity contribution is 7.16. The first-order valence-electron chi connectivity index (χ1n) is 5.44. The van der Waals surface area contributed by atoms with E-state index in [1.807, 2.05) is 0 Å². The van der Waals surface area contributed by atoms with Crippen LogP contribution in [0, 0.1) is 0 Å². The molecule has 0 aromatic carbocycles. The molecule has 19 heavy (non-hydrogen) atoms. The Morgan fingerprint density at radius 2 is 2.00 bits per heavy atom. The third-order valence-corrected chi connectivity index (χ3v) is 2.91. The quantitative estimate of drug-likeness (QED) is 0.682. The standard InChI is InChI=1S/C12H15NO5S/c1-12(2,3)18-11(16)13-8-5-7(6-14)19-9(8)10(15)17-4/h5-6H,1-4H3,(H,13,16). The molecule has 0 radical (unpaired) electrons. The van der Waals surface area contributed by atoms with Gasteiger partial charge in [-0.1, -0.05) is 0 Å². The van der Waals surface area contributed by atoms with Crippen LogP contribution in [-0.4, -0.2) is 31.1 Å². The lowest BCUT2D eigenvalue weighted by Gasteiger charge is -2.19. The van der Waals surface area contributed by atoms with E-state index in [4.69, 9.17) is 4.74 Å². The molecule has 1 amide bonds. The van der Waals surface area contributed by atoms with Gasteiger partial charge in [0.1, 0.15) is 10.5 Å². The topological polar surface area (TPSA) is 81.7 Å². The average Bonchev–Trinajstić information content (AvgIpc) is 2.68. The maximum absolute atomic E-state index is 11.6. The van der Waals surface area contributed by atoms with Crippen LogP contribution in [0.1, 0.15) is 40.1 Å². The van der Waals surface area contributed by atoms with Crippen LogP contribution in [0.2, 0.25) is 0 Å². The summed E-state index contributed by atoms with van der Waals surface area (Å²) in [6.45, 7) is 5.16. The smallest absolute Gasteiger partial charge is 0.412 e. The fraction of sp³-hybridized carbons (Fsp3) is 0.417. The summed E-state index contributed by atoms with van der Waals surface area (Å²) in [4.78, 5) is 34.3. The van der Waals surface area contributed by atoms with Crippen molar-refractivity contribution in [2.75, 3.05) is 12.4 Å². The summed E-state index contributed by atoms with van der Waals surface area (Å²) in [5.41, 5.74) is -0.452. The van der Waals surface area contributed by atoms with Crippen LogP contribution < -0.4 is 5.32 Å². The number of anilines is 1. The molecular weight excluding hydrogens is 270 g/mol. The minimum absolute atomic E-state index is 0.149. The number of hydrogen-bond donors (Lipinski definition) is 1. The molecule has 6 nitrogen and oxygen atoms in total. The molecule has 1 rings (SSSR count). The zero-order chi connectivity index (χ0) is 14.6. The van der Waals surface area contributed by atoms with Gasteiger partial charge in [0.2, 0.25) is 0 Å². The summed E-state index contributed by atoms with van der Waals surface area (Å²) in [5.74, 6) is -0.621. The van der Waals surface area contributed by atoms with Crippen molar-refractivity contribution in [3.63, 3.8) is 0 Å². The summed E-state index contributed by atoms with van der Waals surface area (Å²) >= 11 is 0.939. The number of amides is 1. The normalized spacial score (nSPS) is 10.7. The number of aldehydes is 1. The Labute approximate surface area is 114 Å². The summed E-state index contributed by atoms with van der Waals surface area (Å²) in [6.07, 6.45) is -0.106. The molecular formula is C12H15NO5S. The second-order valence-electron chi connectivity index (χ2n) is 4.63. The highest BCUT2D eigenvalue weighted by atomic mass is 32.1. The Bertz CT molecular complexity index is 501. The van der Waals surface area contributed by atoms with Gasteiger partial charge in [0.05, 0.1) is 17.7 Å². The van der Waals surface area contributed by atoms with E-state index in [0.29, 0.717) is 11.2 Å². The SMILES string of the molecule is COC(=O)c1sc(C=O)cc1NC(=O)OC(C)(C)C. The Morgan fingerprint density at radius 3 is 2.47 bits per heavy atom. The third-order valence-electron chi connectivity index (χ3n) is 1.87. The van der Waals surface area contributed by atoms with Crippen LogP contribution in [0.25, 0.3) is 0 Å². The largest absolute Gasteiger partial charge is 0.465 e. The summed E-state index contributed by atoms with van der Waals surface area (Å²) in [5, 5.41) is 2.43. The lowest BCUT2D eigenvalue weighted by atomic mass is 10.2. The Kier molecular flexibility index (Phi) is 4.66. The highest BCUT2D eigenvalue weighted by Crippen LogP contribution is 2.27. The van der Waals surface area contributed by atoms with Crippen LogP contribution >= 0.6 is 11.3 Å². The Balaban J connectivity index is 2.93. The van der Waals surface area contributed by atoms with Gasteiger partial charge in [0.15, 0.2) is 6.29 Å². The number of methoxy groups -OCH3 is 1. The van der Waals surface area contributed by atoms with Crippen LogP contribution in [0.5, 0.6) is 0 Å². The summed E-state index contributed by atoms with van der Waals surface area (Å²) in [6, 6.07) is 1.40. The monoisotopic (exact) mass is 285 g/mol. The number of hydrogen-bond acceptors (Lipinski definition) is 6. The van der Waals surface area contributed by atoms with Crippen molar-refractivity contribution in [1.82, 2.24) is 0 Å². The maximum Gasteiger partial charge on any atom is 0.412 e. The molecule has 0 atom stereocenters. The van der Waals surface area contributed by atoms with Gasteiger partial charge in [0.25, 0.3) is 0 Å². The number of carbonyl (C=O) groups excluding carboxylic acids is 3. The molecule has 0 aliphatic rings. The highest BCUT2D eigenvalue weighted by Gasteiger charge is 2.21. The van der Waals surface area contributed by atoms with E-state index in [1.54, 1.807) is 20.8 Å². The van der Waals surface area contributed by atoms with Gasteiger partial charge in [-0.15, -0.1) is 11.3 Å². The molecule has 0 fully saturated rings. The minimum Gasteiger partial charge on any atom is -0.465 e. The molecule has 1 heterocycles. The molecule has 0 saturated heterocycles. The van der Waals surface area contributed by atoms with E-state index in [0.717, 1.165) is 11.3 Å². The van der Waals surface area contributed by atoms with Gasteiger partial charge in [-0.25, -0.2) is 9.59 Å². The van der Waals surface area contributed by atoms with Gasteiger partial charge in [0, 0.05) is 0 Å². The first kappa shape index (κ1) is 15.2. The zero-order valence-corrected chi connectivity index (χ0v) is 11.9. The van der Waals surface area contributed by atoms with Crippen molar-refractivity contribution in [2.45, 2.75) is 26.4 Å². The Morgan fingerprint density at radius 1 is 1.37 bits per heavy atom. The Hall–Kier alpha value is -1.89. The number of nitrogens with one attached hydrogen (secondary N) is 1. The molecule has 1 aromatic heterocycles. The van der Waals surface area contributed by atoms with E-state index in [2.05, 4.69) is 10.1 Å². The molecule has 0 aliphatic carbocycles. The molecule has 1 aromatic rings. The molecule has 0 unspecified atom stereocenters. The zero-order valence-electron chi connectivity index (χ0n) is 11.1. The minimum atomic E-state index is -0.701. The fourth-order valence-corrected chi connectivity index (χ4v) is 2.07. The van der Waals surface area contributed by atoms with E-state index < -0.39 is 17.7 Å². The van der Waals surface area contributed by atoms with Crippen molar-refractivity contribution >= 4 is 35.4 Å². The molecule has 0 spiro atoms. The lowest BCUT2D eigenvalue weighted by Crippen LogP contribution is -2.27. The number of carbonyl (C=O) groups is 3. The first-order valence-corrected chi connectivity index (χ1v) is 6.26.